The average molecular weight is 394 g/mol. The van der Waals surface area contributed by atoms with E-state index in [-0.39, 0.29) is 1.43 Å². The molecule has 2 aromatic rings. The number of nitrogens with one attached hydrogen (secondary N) is 1. The molecule has 0 bridgehead atoms. The molecule has 0 fully saturated rings. The Kier molecular flexibility index (Phi) is 5.59. The van der Waals surface area contributed by atoms with Gasteiger partial charge in [-0.15, -0.1) is 0 Å². The molecule has 0 amide bonds. The number of aliphatic imine (C=N–C) groups is 1. The number of aryl methyl sites for hydroxylation is 3. The summed E-state index contributed by atoms with van der Waals surface area (Å²) >= 11 is 1.71. The van der Waals surface area contributed by atoms with Gasteiger partial charge in [-0.2, -0.15) is 0 Å². The fourth-order valence-electron chi connectivity index (χ4n) is 3.45. The van der Waals surface area contributed by atoms with Crippen molar-refractivity contribution >= 4 is 27.6 Å². The zero-order valence-electron chi connectivity index (χ0n) is 16.6. The van der Waals surface area contributed by atoms with E-state index in [0.717, 1.165) is 76.2 Å². The molecule has 5 nitrogen and oxygen atoms in total. The average Bonchev–Trinajstić information content (AvgIpc) is 3.07. The third-order valence-corrected chi connectivity index (χ3v) is 6.03. The Morgan fingerprint density at radius 2 is 2.11 bits per heavy atom. The molecule has 4 heterocycles. The zero-order chi connectivity index (χ0) is 19.5. The van der Waals surface area contributed by atoms with E-state index in [1.165, 1.54) is 5.57 Å². The Morgan fingerprint density at radius 1 is 1.21 bits per heavy atom. The maximum Gasteiger partial charge on any atom is 0.139 e. The van der Waals surface area contributed by atoms with E-state index in [4.69, 9.17) is 15.0 Å². The van der Waals surface area contributed by atoms with Crippen LogP contribution in [0.1, 0.15) is 43.3 Å². The van der Waals surface area contributed by atoms with Gasteiger partial charge < -0.3 is 5.32 Å². The highest BCUT2D eigenvalue weighted by Crippen LogP contribution is 2.37. The van der Waals surface area contributed by atoms with E-state index in [1.54, 1.807) is 11.3 Å². The van der Waals surface area contributed by atoms with Crippen molar-refractivity contribution in [3.05, 3.63) is 63.5 Å². The van der Waals surface area contributed by atoms with Crippen LogP contribution in [0.25, 0.3) is 5.57 Å². The van der Waals surface area contributed by atoms with Gasteiger partial charge in [-0.25, -0.2) is 15.0 Å². The van der Waals surface area contributed by atoms with Gasteiger partial charge in [0, 0.05) is 13.7 Å². The molecule has 6 heteroatoms. The number of hydrogen-bond acceptors (Lipinski definition) is 6. The van der Waals surface area contributed by atoms with Crippen molar-refractivity contribution in [2.45, 2.75) is 40.0 Å². The molecule has 0 atom stereocenters. The SMILES string of the molecule is C/C=C(\N=c1cccc(C)nc1C)C1=Nc2sc(C3=CCNCC3)nc2CC1.[HH]. The maximum atomic E-state index is 4.94. The second-order valence-corrected chi connectivity index (χ2v) is 8.03. The van der Waals surface area contributed by atoms with Crippen molar-refractivity contribution in [3.63, 3.8) is 0 Å². The number of rotatable bonds is 3. The second-order valence-electron chi connectivity index (χ2n) is 7.05. The van der Waals surface area contributed by atoms with Crippen LogP contribution < -0.4 is 10.7 Å². The fourth-order valence-corrected chi connectivity index (χ4v) is 4.53. The van der Waals surface area contributed by atoms with Crippen molar-refractivity contribution in [2.24, 2.45) is 9.98 Å². The third-order valence-electron chi connectivity index (χ3n) is 4.97. The van der Waals surface area contributed by atoms with Crippen LogP contribution in [0.3, 0.4) is 0 Å². The van der Waals surface area contributed by atoms with Crippen LogP contribution >= 0.6 is 11.3 Å². The normalized spacial score (nSPS) is 17.8. The van der Waals surface area contributed by atoms with Gasteiger partial charge in [-0.05, 0) is 64.3 Å². The Hall–Kier alpha value is -2.44. The van der Waals surface area contributed by atoms with Crippen molar-refractivity contribution in [3.8, 4) is 0 Å². The number of allylic oxidation sites excluding steroid dienone is 2. The van der Waals surface area contributed by atoms with Crippen molar-refractivity contribution in [1.82, 2.24) is 15.3 Å². The van der Waals surface area contributed by atoms with Gasteiger partial charge >= 0.3 is 0 Å². The highest BCUT2D eigenvalue weighted by molar-refractivity contribution is 7.16. The molecule has 1 N–H and O–H groups in total. The van der Waals surface area contributed by atoms with Crippen LogP contribution in [0.4, 0.5) is 5.00 Å². The van der Waals surface area contributed by atoms with Crippen LogP contribution in [0.5, 0.6) is 0 Å². The molecule has 0 saturated heterocycles. The summed E-state index contributed by atoms with van der Waals surface area (Å²) < 4.78 is 0. The number of aromatic nitrogens is 2. The van der Waals surface area contributed by atoms with Gasteiger partial charge in [-0.3, -0.25) is 4.98 Å². The second kappa shape index (κ2) is 8.29. The number of nitrogens with zero attached hydrogens (tertiary/aromatic N) is 4. The first-order chi connectivity index (χ1) is 13.6. The zero-order valence-corrected chi connectivity index (χ0v) is 17.4. The summed E-state index contributed by atoms with van der Waals surface area (Å²) in [5.74, 6) is 0. The van der Waals surface area contributed by atoms with Crippen LogP contribution in [0, 0.1) is 13.8 Å². The predicted octanol–water partition coefficient (Wildman–Crippen LogP) is 4.30. The molecule has 0 aromatic carbocycles. The van der Waals surface area contributed by atoms with Gasteiger partial charge in [0.05, 0.1) is 28.2 Å². The molecule has 0 aliphatic carbocycles. The lowest BCUT2D eigenvalue weighted by Gasteiger charge is -2.11. The van der Waals surface area contributed by atoms with Crippen LogP contribution in [0.15, 0.2) is 46.0 Å². The summed E-state index contributed by atoms with van der Waals surface area (Å²) in [6.07, 6.45) is 7.11. The minimum Gasteiger partial charge on any atom is -0.313 e. The van der Waals surface area contributed by atoms with Gasteiger partial charge in [0.1, 0.15) is 10.0 Å². The molecule has 0 spiro atoms. The molecule has 2 aliphatic rings. The largest absolute Gasteiger partial charge is 0.313 e. The molecule has 0 unspecified atom stereocenters. The minimum atomic E-state index is 0. The summed E-state index contributed by atoms with van der Waals surface area (Å²) in [7, 11) is 0. The lowest BCUT2D eigenvalue weighted by atomic mass is 10.1. The summed E-state index contributed by atoms with van der Waals surface area (Å²) in [5.41, 5.74) is 6.35. The summed E-state index contributed by atoms with van der Waals surface area (Å²) in [6, 6.07) is 6.02. The fraction of sp³-hybridized carbons (Fsp3) is 0.364. The van der Waals surface area contributed by atoms with E-state index < -0.39 is 0 Å². The number of fused-ring (bicyclic) bond motifs is 1. The summed E-state index contributed by atoms with van der Waals surface area (Å²) in [5, 5.41) is 6.41. The first-order valence-corrected chi connectivity index (χ1v) is 10.6. The van der Waals surface area contributed by atoms with Gasteiger partial charge in [0.25, 0.3) is 0 Å². The molecule has 0 saturated carbocycles. The van der Waals surface area contributed by atoms with Gasteiger partial charge in [0.15, 0.2) is 0 Å². The molecule has 0 radical (unpaired) electrons. The molecule has 28 heavy (non-hydrogen) atoms. The monoisotopic (exact) mass is 393 g/mol. The molecule has 2 aliphatic heterocycles. The van der Waals surface area contributed by atoms with E-state index in [0.29, 0.717) is 0 Å². The quantitative estimate of drug-likeness (QED) is 0.846. The lowest BCUT2D eigenvalue weighted by Crippen LogP contribution is -2.19. The highest BCUT2D eigenvalue weighted by atomic mass is 32.1. The Labute approximate surface area is 171 Å². The first-order valence-electron chi connectivity index (χ1n) is 9.77. The summed E-state index contributed by atoms with van der Waals surface area (Å²) in [4.78, 5) is 19.3. The van der Waals surface area contributed by atoms with E-state index in [9.17, 15) is 0 Å². The molecule has 2 aromatic heterocycles. The molecular weight excluding hydrogens is 366 g/mol. The molecular formula is C22H27N5S. The number of hydrogen-bond donors (Lipinski definition) is 1. The maximum absolute atomic E-state index is 4.94. The number of thiazole rings is 1. The smallest absolute Gasteiger partial charge is 0.139 e. The van der Waals surface area contributed by atoms with Gasteiger partial charge in [-0.1, -0.05) is 29.6 Å². The van der Waals surface area contributed by atoms with E-state index >= 15 is 0 Å². The van der Waals surface area contributed by atoms with Crippen molar-refractivity contribution < 1.29 is 1.43 Å². The topological polar surface area (TPSA) is 62.5 Å². The highest BCUT2D eigenvalue weighted by Gasteiger charge is 2.21. The van der Waals surface area contributed by atoms with Crippen molar-refractivity contribution in [1.29, 1.82) is 0 Å². The van der Waals surface area contributed by atoms with Crippen LogP contribution in [-0.4, -0.2) is 28.8 Å². The summed E-state index contributed by atoms with van der Waals surface area (Å²) in [6.45, 7) is 7.97. The Bertz CT molecular complexity index is 1070. The predicted molar refractivity (Wildman–Crippen MR) is 118 cm³/mol. The standard InChI is InChI=1S/C22H25N5S.H2/c1-4-17(25-18-7-5-6-14(2)24-15(18)3)19-8-9-20-22(26-19)28-21(27-20)16-10-12-23-13-11-16;/h4-7,10,23H,8-9,11-13H2,1-3H3;1H/b17-4-,25-18?;. The van der Waals surface area contributed by atoms with E-state index in [2.05, 4.69) is 16.4 Å². The van der Waals surface area contributed by atoms with Crippen LogP contribution in [-0.2, 0) is 6.42 Å². The molecule has 146 valence electrons. The van der Waals surface area contributed by atoms with Crippen LogP contribution in [0.2, 0.25) is 0 Å². The van der Waals surface area contributed by atoms with E-state index in [1.807, 2.05) is 45.0 Å². The lowest BCUT2D eigenvalue weighted by molar-refractivity contribution is 0.738. The Morgan fingerprint density at radius 3 is 2.89 bits per heavy atom. The van der Waals surface area contributed by atoms with Gasteiger partial charge in [0.2, 0.25) is 0 Å². The Balaban J connectivity index is 0.00000240. The third kappa shape index (κ3) is 4.03. The minimum absolute atomic E-state index is 0. The molecule has 4 rings (SSSR count). The first kappa shape index (κ1) is 18.9. The van der Waals surface area contributed by atoms with Crippen molar-refractivity contribution in [2.75, 3.05) is 13.1 Å².